The molecule has 0 bridgehead atoms. The zero-order valence-electron chi connectivity index (χ0n) is 11.2. The number of rotatable bonds is 5. The second-order valence-corrected chi connectivity index (χ2v) is 7.93. The molecule has 2 rings (SSSR count). The summed E-state index contributed by atoms with van der Waals surface area (Å²) >= 11 is 3.07. The highest BCUT2D eigenvalue weighted by Gasteiger charge is 2.36. The minimum absolute atomic E-state index is 0.0322. The molecule has 0 saturated heterocycles. The number of sulfonamides is 1. The summed E-state index contributed by atoms with van der Waals surface area (Å²) in [5, 5.41) is 0. The Morgan fingerprint density at radius 1 is 1.45 bits per heavy atom. The maximum absolute atomic E-state index is 13.8. The van der Waals surface area contributed by atoms with Gasteiger partial charge in [-0.05, 0) is 52.7 Å². The van der Waals surface area contributed by atoms with Crippen LogP contribution < -0.4 is 10.5 Å². The van der Waals surface area contributed by atoms with Crippen LogP contribution in [0.15, 0.2) is 21.5 Å². The summed E-state index contributed by atoms with van der Waals surface area (Å²) in [4.78, 5) is -0.399. The lowest BCUT2D eigenvalue weighted by Crippen LogP contribution is -2.41. The van der Waals surface area contributed by atoms with Crippen LogP contribution in [0.3, 0.4) is 0 Å². The highest BCUT2D eigenvalue weighted by Crippen LogP contribution is 2.43. The van der Waals surface area contributed by atoms with Gasteiger partial charge in [0.2, 0.25) is 10.0 Å². The van der Waals surface area contributed by atoms with Gasteiger partial charge in [0.05, 0.1) is 0 Å². The molecule has 7 heteroatoms. The average Bonchev–Trinajstić information content (AvgIpc) is 2.32. The normalized spacial score (nSPS) is 17.8. The molecule has 1 aliphatic carbocycles. The van der Waals surface area contributed by atoms with Crippen molar-refractivity contribution in [3.63, 3.8) is 0 Å². The molecule has 0 unspecified atom stereocenters. The molecule has 0 aromatic heterocycles. The number of anilines is 1. The molecule has 0 atom stereocenters. The van der Waals surface area contributed by atoms with E-state index in [-0.39, 0.29) is 11.1 Å². The zero-order valence-corrected chi connectivity index (χ0v) is 13.7. The molecule has 1 fully saturated rings. The van der Waals surface area contributed by atoms with Crippen molar-refractivity contribution in [2.24, 2.45) is 5.41 Å². The summed E-state index contributed by atoms with van der Waals surface area (Å²) in [7, 11) is -3.88. The van der Waals surface area contributed by atoms with Crippen molar-refractivity contribution in [2.75, 3.05) is 12.3 Å². The highest BCUT2D eigenvalue weighted by atomic mass is 79.9. The minimum Gasteiger partial charge on any atom is -0.398 e. The van der Waals surface area contributed by atoms with E-state index in [9.17, 15) is 12.8 Å². The standard InChI is InChI=1S/C13H18BrFN2O2S/c1-2-13(4-3-5-13)8-17-20(18,19)12-7-11(16)9(14)6-10(12)15/h6-7,17H,2-5,8,16H2,1H3. The Hall–Kier alpha value is -0.660. The molecule has 4 nitrogen and oxygen atoms in total. The number of nitrogen functional groups attached to an aromatic ring is 1. The fourth-order valence-electron chi connectivity index (χ4n) is 2.41. The summed E-state index contributed by atoms with van der Waals surface area (Å²) < 4.78 is 41.1. The van der Waals surface area contributed by atoms with E-state index >= 15 is 0 Å². The average molecular weight is 365 g/mol. The molecular formula is C13H18BrFN2O2S. The lowest BCUT2D eigenvalue weighted by molar-refractivity contribution is 0.133. The van der Waals surface area contributed by atoms with E-state index in [0.29, 0.717) is 11.0 Å². The Morgan fingerprint density at radius 3 is 2.60 bits per heavy atom. The number of nitrogens with one attached hydrogen (secondary N) is 1. The predicted molar refractivity (Wildman–Crippen MR) is 80.3 cm³/mol. The molecule has 1 saturated carbocycles. The van der Waals surface area contributed by atoms with Gasteiger partial charge in [0.15, 0.2) is 0 Å². The van der Waals surface area contributed by atoms with Gasteiger partial charge in [-0.2, -0.15) is 0 Å². The molecule has 1 aliphatic rings. The van der Waals surface area contributed by atoms with Crippen LogP contribution >= 0.6 is 15.9 Å². The van der Waals surface area contributed by atoms with E-state index in [2.05, 4.69) is 20.7 Å². The summed E-state index contributed by atoms with van der Waals surface area (Å²) in [6.45, 7) is 2.40. The quantitative estimate of drug-likeness (QED) is 0.788. The highest BCUT2D eigenvalue weighted by molar-refractivity contribution is 9.10. The Kier molecular flexibility index (Phi) is 4.41. The van der Waals surface area contributed by atoms with E-state index in [4.69, 9.17) is 5.73 Å². The van der Waals surface area contributed by atoms with E-state index in [1.54, 1.807) is 0 Å². The summed E-state index contributed by atoms with van der Waals surface area (Å²) in [5.74, 6) is -0.808. The zero-order chi connectivity index (χ0) is 15.0. The first-order valence-electron chi connectivity index (χ1n) is 6.54. The molecule has 3 N–H and O–H groups in total. The molecule has 112 valence electrons. The molecule has 1 aromatic rings. The largest absolute Gasteiger partial charge is 0.398 e. The smallest absolute Gasteiger partial charge is 0.243 e. The van der Waals surface area contributed by atoms with Gasteiger partial charge in [-0.3, -0.25) is 0 Å². The topological polar surface area (TPSA) is 72.2 Å². The molecule has 0 radical (unpaired) electrons. The molecule has 0 spiro atoms. The number of hydrogen-bond donors (Lipinski definition) is 2. The first kappa shape index (κ1) is 15.7. The summed E-state index contributed by atoms with van der Waals surface area (Å²) in [6.07, 6.45) is 4.06. The lowest BCUT2D eigenvalue weighted by atomic mass is 9.67. The van der Waals surface area contributed by atoms with Crippen LogP contribution in [0.4, 0.5) is 10.1 Å². The number of halogens is 2. The van der Waals surface area contributed by atoms with Crippen LogP contribution in [0.25, 0.3) is 0 Å². The second kappa shape index (κ2) is 5.61. The lowest BCUT2D eigenvalue weighted by Gasteiger charge is -2.41. The Morgan fingerprint density at radius 2 is 2.10 bits per heavy atom. The first-order valence-corrected chi connectivity index (χ1v) is 8.81. The third kappa shape index (κ3) is 2.99. The van der Waals surface area contributed by atoms with Crippen molar-refractivity contribution in [3.05, 3.63) is 22.4 Å². The number of benzene rings is 1. The molecule has 0 amide bonds. The van der Waals surface area contributed by atoms with Crippen molar-refractivity contribution < 1.29 is 12.8 Å². The van der Waals surface area contributed by atoms with Gasteiger partial charge in [-0.25, -0.2) is 17.5 Å². The van der Waals surface area contributed by atoms with E-state index < -0.39 is 20.7 Å². The van der Waals surface area contributed by atoms with Gasteiger partial charge in [0, 0.05) is 16.7 Å². The monoisotopic (exact) mass is 364 g/mol. The molecular weight excluding hydrogens is 347 g/mol. The van der Waals surface area contributed by atoms with Crippen LogP contribution in [-0.4, -0.2) is 15.0 Å². The third-order valence-electron chi connectivity index (χ3n) is 4.14. The Balaban J connectivity index is 2.20. The van der Waals surface area contributed by atoms with Crippen molar-refractivity contribution >= 4 is 31.6 Å². The maximum Gasteiger partial charge on any atom is 0.243 e. The number of nitrogens with two attached hydrogens (primary N) is 1. The first-order chi connectivity index (χ1) is 9.30. The van der Waals surface area contributed by atoms with E-state index in [0.717, 1.165) is 37.8 Å². The SMILES string of the molecule is CCC1(CNS(=O)(=O)c2cc(N)c(Br)cc2F)CCC1. The van der Waals surface area contributed by atoms with Crippen molar-refractivity contribution in [3.8, 4) is 0 Å². The summed E-state index contributed by atoms with van der Waals surface area (Å²) in [6, 6.07) is 2.21. The number of hydrogen-bond acceptors (Lipinski definition) is 3. The fourth-order valence-corrected chi connectivity index (χ4v) is 3.97. The van der Waals surface area contributed by atoms with Crippen LogP contribution in [0.1, 0.15) is 32.6 Å². The van der Waals surface area contributed by atoms with Gasteiger partial charge < -0.3 is 5.73 Å². The van der Waals surface area contributed by atoms with Crippen LogP contribution in [0.2, 0.25) is 0 Å². The van der Waals surface area contributed by atoms with Gasteiger partial charge in [0.1, 0.15) is 10.7 Å². The van der Waals surface area contributed by atoms with E-state index in [1.165, 1.54) is 0 Å². The minimum atomic E-state index is -3.88. The predicted octanol–water partition coefficient (Wildman–Crippen LogP) is 3.03. The second-order valence-electron chi connectivity index (χ2n) is 5.34. The molecule has 0 heterocycles. The summed E-state index contributed by atoms with van der Waals surface area (Å²) in [5.41, 5.74) is 5.85. The molecule has 20 heavy (non-hydrogen) atoms. The van der Waals surface area contributed by atoms with E-state index in [1.807, 2.05) is 6.92 Å². The van der Waals surface area contributed by atoms with Gasteiger partial charge in [0.25, 0.3) is 0 Å². The van der Waals surface area contributed by atoms with Crippen LogP contribution in [0.5, 0.6) is 0 Å². The van der Waals surface area contributed by atoms with Crippen molar-refractivity contribution in [2.45, 2.75) is 37.5 Å². The van der Waals surface area contributed by atoms with Crippen LogP contribution in [-0.2, 0) is 10.0 Å². The van der Waals surface area contributed by atoms with Crippen molar-refractivity contribution in [1.29, 1.82) is 0 Å². The Bertz CT molecular complexity index is 610. The van der Waals surface area contributed by atoms with Gasteiger partial charge in [-0.15, -0.1) is 0 Å². The van der Waals surface area contributed by atoms with Gasteiger partial charge in [-0.1, -0.05) is 13.3 Å². The Labute approximate surface area is 127 Å². The molecule has 0 aliphatic heterocycles. The van der Waals surface area contributed by atoms with Gasteiger partial charge >= 0.3 is 0 Å². The molecule has 1 aromatic carbocycles. The van der Waals surface area contributed by atoms with Crippen molar-refractivity contribution in [1.82, 2.24) is 4.72 Å². The van der Waals surface area contributed by atoms with Crippen LogP contribution in [0, 0.1) is 11.2 Å². The fraction of sp³-hybridized carbons (Fsp3) is 0.538. The maximum atomic E-state index is 13.8. The third-order valence-corrected chi connectivity index (χ3v) is 6.25.